The summed E-state index contributed by atoms with van der Waals surface area (Å²) in [6.45, 7) is 0. The van der Waals surface area contributed by atoms with Gasteiger partial charge >= 0.3 is 0 Å². The van der Waals surface area contributed by atoms with Crippen molar-refractivity contribution in [3.63, 3.8) is 0 Å². The lowest BCUT2D eigenvalue weighted by Crippen LogP contribution is -1.57. The van der Waals surface area contributed by atoms with E-state index in [2.05, 4.69) is 0 Å². The summed E-state index contributed by atoms with van der Waals surface area (Å²) in [6.07, 6.45) is 0. The van der Waals surface area contributed by atoms with Crippen molar-refractivity contribution in [1.29, 1.82) is 0 Å². The van der Waals surface area contributed by atoms with E-state index in [9.17, 15) is 4.89 Å². The lowest BCUT2D eigenvalue weighted by molar-refractivity contribution is 0.650. The van der Waals surface area contributed by atoms with Crippen LogP contribution in [0.5, 0.6) is 0 Å². The van der Waals surface area contributed by atoms with Crippen molar-refractivity contribution in [3.05, 3.63) is 35.9 Å². The smallest absolute Gasteiger partial charge is 0.00656 e. The Labute approximate surface area is 60.1 Å². The van der Waals surface area contributed by atoms with Gasteiger partial charge in [-0.3, -0.25) is 0 Å². The Balaban J connectivity index is 2.88. The van der Waals surface area contributed by atoms with Crippen LogP contribution in [0, 0.1) is 0 Å². The molecule has 0 amide bonds. The van der Waals surface area contributed by atoms with Gasteiger partial charge in [0, 0.05) is 7.76 Å². The minimum atomic E-state index is -0.942. The van der Waals surface area contributed by atoms with E-state index in [1.54, 1.807) is 0 Å². The van der Waals surface area contributed by atoms with Gasteiger partial charge in [-0.1, -0.05) is 24.3 Å². The number of hydrogen-bond donors (Lipinski definition) is 1. The van der Waals surface area contributed by atoms with Gasteiger partial charge < -0.3 is 4.89 Å². The fraction of sp³-hybridized carbons (Fsp3) is 0. The normalized spacial score (nSPS) is 10.5. The molecule has 0 aliphatic heterocycles. The lowest BCUT2D eigenvalue weighted by Gasteiger charge is -1.82. The second kappa shape index (κ2) is 2.12. The van der Waals surface area contributed by atoms with Crippen LogP contribution in [0.15, 0.2) is 35.9 Å². The third-order valence-corrected chi connectivity index (χ3v) is 2.62. The fourth-order valence-corrected chi connectivity index (χ4v) is 2.18. The monoisotopic (exact) mass is 150 g/mol. The van der Waals surface area contributed by atoms with Gasteiger partial charge in [0.05, 0.1) is 0 Å². The zero-order chi connectivity index (χ0) is 6.97. The van der Waals surface area contributed by atoms with Crippen LogP contribution in [0.4, 0.5) is 0 Å². The summed E-state index contributed by atoms with van der Waals surface area (Å²) in [4.78, 5) is 9.20. The van der Waals surface area contributed by atoms with Crippen LogP contribution >= 0.6 is 7.76 Å². The highest BCUT2D eigenvalue weighted by molar-refractivity contribution is 7.43. The zero-order valence-electron chi connectivity index (χ0n) is 5.36. The van der Waals surface area contributed by atoms with Gasteiger partial charge in [-0.05, 0) is 22.4 Å². The maximum Gasteiger partial charge on any atom is 0.00656 e. The Hall–Kier alpha value is -0.780. The number of rotatable bonds is 0. The van der Waals surface area contributed by atoms with Gasteiger partial charge in [0.15, 0.2) is 0 Å². The summed E-state index contributed by atoms with van der Waals surface area (Å²) in [5, 5.41) is 2.33. The van der Waals surface area contributed by atoms with Crippen molar-refractivity contribution in [2.75, 3.05) is 0 Å². The van der Waals surface area contributed by atoms with Crippen LogP contribution in [0.3, 0.4) is 0 Å². The van der Waals surface area contributed by atoms with Crippen LogP contribution in [0.1, 0.15) is 0 Å². The van der Waals surface area contributed by atoms with E-state index < -0.39 is 7.76 Å². The molecule has 2 heteroatoms. The fourth-order valence-electron chi connectivity index (χ4n) is 1.07. The Morgan fingerprint density at radius 1 is 1.00 bits per heavy atom. The molecule has 10 heavy (non-hydrogen) atoms. The number of hydrogen-bond acceptors (Lipinski definition) is 1. The molecule has 50 valence electrons. The highest BCUT2D eigenvalue weighted by atomic mass is 31.1. The summed E-state index contributed by atoms with van der Waals surface area (Å²) in [7, 11) is -0.942. The number of fused-ring (bicyclic) bond motifs is 1. The van der Waals surface area contributed by atoms with Gasteiger partial charge in [-0.25, -0.2) is 0 Å². The highest BCUT2D eigenvalue weighted by Crippen LogP contribution is 2.30. The summed E-state index contributed by atoms with van der Waals surface area (Å²) >= 11 is 0. The first kappa shape index (κ1) is 5.96. The quantitative estimate of drug-likeness (QED) is 0.611. The molecule has 0 saturated heterocycles. The first-order valence-corrected chi connectivity index (χ1v) is 4.55. The second-order valence-electron chi connectivity index (χ2n) is 2.27. The van der Waals surface area contributed by atoms with E-state index in [1.807, 2.05) is 35.9 Å². The average molecular weight is 150 g/mol. The molecule has 0 atom stereocenters. The molecule has 0 fully saturated rings. The van der Waals surface area contributed by atoms with E-state index in [0.717, 1.165) is 10.8 Å². The van der Waals surface area contributed by atoms with Crippen LogP contribution in [-0.4, -0.2) is 4.89 Å². The molecule has 0 unspecified atom stereocenters. The van der Waals surface area contributed by atoms with Crippen molar-refractivity contribution < 1.29 is 4.89 Å². The minimum absolute atomic E-state index is 0.942. The largest absolute Gasteiger partial charge is 0.347 e. The van der Waals surface area contributed by atoms with Gasteiger partial charge in [0.2, 0.25) is 0 Å². The maximum atomic E-state index is 9.20. The topological polar surface area (TPSA) is 20.2 Å². The standard InChI is InChI=1S/C8H7OP/c9-10-5-7-3-1-2-4-8(7)6-10/h1-6,9H. The van der Waals surface area contributed by atoms with Crippen molar-refractivity contribution in [3.8, 4) is 0 Å². The average Bonchev–Trinajstić information content (AvgIpc) is 2.27. The Morgan fingerprint density at radius 2 is 1.50 bits per heavy atom. The van der Waals surface area contributed by atoms with E-state index >= 15 is 0 Å². The SMILES string of the molecule is Op1cc2ccccc2c1. The van der Waals surface area contributed by atoms with E-state index in [-0.39, 0.29) is 0 Å². The number of benzene rings is 1. The van der Waals surface area contributed by atoms with Crippen molar-refractivity contribution >= 4 is 18.5 Å². The molecule has 0 saturated carbocycles. The Bertz CT molecular complexity index is 318. The molecular formula is C8H7OP. The molecule has 1 aromatic carbocycles. The first-order chi connectivity index (χ1) is 4.86. The van der Waals surface area contributed by atoms with Crippen molar-refractivity contribution in [2.24, 2.45) is 0 Å². The van der Waals surface area contributed by atoms with Crippen molar-refractivity contribution in [1.82, 2.24) is 0 Å². The molecule has 1 aromatic heterocycles. The van der Waals surface area contributed by atoms with Crippen LogP contribution < -0.4 is 0 Å². The molecule has 2 rings (SSSR count). The maximum absolute atomic E-state index is 9.20. The molecular weight excluding hydrogens is 143 g/mol. The first-order valence-electron chi connectivity index (χ1n) is 3.12. The van der Waals surface area contributed by atoms with E-state index in [0.29, 0.717) is 0 Å². The molecule has 2 aromatic rings. The van der Waals surface area contributed by atoms with Gasteiger partial charge in [0.1, 0.15) is 0 Å². The van der Waals surface area contributed by atoms with E-state index in [4.69, 9.17) is 0 Å². The molecule has 0 aliphatic carbocycles. The van der Waals surface area contributed by atoms with Gasteiger partial charge in [-0.2, -0.15) is 0 Å². The lowest BCUT2D eigenvalue weighted by atomic mass is 10.2. The minimum Gasteiger partial charge on any atom is -0.347 e. The van der Waals surface area contributed by atoms with Crippen LogP contribution in [0.25, 0.3) is 10.8 Å². The van der Waals surface area contributed by atoms with Crippen molar-refractivity contribution in [2.45, 2.75) is 0 Å². The second-order valence-corrected chi connectivity index (χ2v) is 3.54. The molecule has 0 bridgehead atoms. The summed E-state index contributed by atoms with van der Waals surface area (Å²) in [5.74, 6) is 3.81. The third-order valence-electron chi connectivity index (χ3n) is 1.54. The van der Waals surface area contributed by atoms with Gasteiger partial charge in [0.25, 0.3) is 0 Å². The molecule has 1 heterocycles. The highest BCUT2D eigenvalue weighted by Gasteiger charge is 1.93. The summed E-state index contributed by atoms with van der Waals surface area (Å²) < 4.78 is 0. The molecule has 1 nitrogen and oxygen atoms in total. The molecule has 0 spiro atoms. The molecule has 0 aliphatic rings. The summed E-state index contributed by atoms with van der Waals surface area (Å²) in [5.41, 5.74) is 0. The van der Waals surface area contributed by atoms with E-state index in [1.165, 1.54) is 0 Å². The zero-order valence-corrected chi connectivity index (χ0v) is 6.25. The Morgan fingerprint density at radius 3 is 2.00 bits per heavy atom. The Kier molecular flexibility index (Phi) is 1.26. The predicted octanol–water partition coefficient (Wildman–Crippen LogP) is 2.58. The predicted molar refractivity (Wildman–Crippen MR) is 44.3 cm³/mol. The van der Waals surface area contributed by atoms with Crippen LogP contribution in [-0.2, 0) is 0 Å². The molecule has 0 radical (unpaired) electrons. The summed E-state index contributed by atoms with van der Waals surface area (Å²) in [6, 6.07) is 8.00. The van der Waals surface area contributed by atoms with Crippen LogP contribution in [0.2, 0.25) is 0 Å². The third kappa shape index (κ3) is 0.841. The molecule has 1 N–H and O–H groups in total. The van der Waals surface area contributed by atoms with Gasteiger partial charge in [-0.15, -0.1) is 0 Å².